The topological polar surface area (TPSA) is 41.6 Å². The van der Waals surface area contributed by atoms with Gasteiger partial charge >= 0.3 is 0 Å². The molecule has 1 atom stereocenters. The van der Waals surface area contributed by atoms with Crippen molar-refractivity contribution in [1.29, 1.82) is 0 Å². The van der Waals surface area contributed by atoms with E-state index in [1.807, 2.05) is 36.1 Å². The van der Waals surface area contributed by atoms with Crippen LogP contribution >= 0.6 is 12.2 Å². The zero-order valence-corrected chi connectivity index (χ0v) is 13.9. The van der Waals surface area contributed by atoms with Crippen molar-refractivity contribution in [2.24, 2.45) is 0 Å². The van der Waals surface area contributed by atoms with Crippen molar-refractivity contribution in [3.05, 3.63) is 78.4 Å². The highest BCUT2D eigenvalue weighted by Crippen LogP contribution is 2.25. The van der Waals surface area contributed by atoms with E-state index in [0.29, 0.717) is 17.3 Å². The first-order chi connectivity index (χ1) is 11.6. The van der Waals surface area contributed by atoms with E-state index in [1.54, 1.807) is 30.7 Å². The molecule has 0 saturated carbocycles. The van der Waals surface area contributed by atoms with Gasteiger partial charge in [0.2, 0.25) is 0 Å². The van der Waals surface area contributed by atoms with Crippen LogP contribution in [0.5, 0.6) is 0 Å². The number of furan rings is 2. The number of hydrogen-bond acceptors (Lipinski definition) is 3. The van der Waals surface area contributed by atoms with E-state index in [-0.39, 0.29) is 11.9 Å². The molecule has 0 fully saturated rings. The molecule has 2 aromatic heterocycles. The molecule has 4 nitrogen and oxygen atoms in total. The standard InChI is InChI=1S/C18H17FN2O2S/c1-13(17-9-5-11-23-17)21(12-14-6-4-10-22-14)18(24)20-16-8-3-2-7-15(16)19/h2-11,13H,12H2,1H3,(H,20,24)/t13-/m1/s1. The minimum Gasteiger partial charge on any atom is -0.467 e. The first-order valence-corrected chi connectivity index (χ1v) is 7.94. The molecule has 124 valence electrons. The Hall–Kier alpha value is -2.60. The number of nitrogens with one attached hydrogen (secondary N) is 1. The van der Waals surface area contributed by atoms with Crippen molar-refractivity contribution in [2.75, 3.05) is 5.32 Å². The molecule has 0 spiro atoms. The van der Waals surface area contributed by atoms with Crippen molar-refractivity contribution < 1.29 is 13.2 Å². The van der Waals surface area contributed by atoms with Gasteiger partial charge in [-0.1, -0.05) is 12.1 Å². The van der Waals surface area contributed by atoms with Gasteiger partial charge in [0, 0.05) is 0 Å². The Morgan fingerprint density at radius 1 is 1.12 bits per heavy atom. The largest absolute Gasteiger partial charge is 0.467 e. The molecule has 1 N–H and O–H groups in total. The van der Waals surface area contributed by atoms with E-state index in [1.165, 1.54) is 6.07 Å². The second kappa shape index (κ2) is 7.31. The summed E-state index contributed by atoms with van der Waals surface area (Å²) < 4.78 is 24.8. The maximum atomic E-state index is 13.9. The van der Waals surface area contributed by atoms with Crippen LogP contribution in [-0.2, 0) is 6.54 Å². The lowest BCUT2D eigenvalue weighted by Crippen LogP contribution is -2.36. The van der Waals surface area contributed by atoms with Crippen molar-refractivity contribution >= 4 is 23.0 Å². The Balaban J connectivity index is 1.83. The van der Waals surface area contributed by atoms with Gasteiger partial charge in [-0.2, -0.15) is 0 Å². The monoisotopic (exact) mass is 344 g/mol. The molecule has 0 bridgehead atoms. The maximum Gasteiger partial charge on any atom is 0.174 e. The summed E-state index contributed by atoms with van der Waals surface area (Å²) in [5.74, 6) is 1.16. The predicted molar refractivity (Wildman–Crippen MR) is 94.0 cm³/mol. The Kier molecular flexibility index (Phi) is 4.96. The molecule has 0 radical (unpaired) electrons. The lowest BCUT2D eigenvalue weighted by molar-refractivity contribution is 0.269. The van der Waals surface area contributed by atoms with Gasteiger partial charge in [-0.25, -0.2) is 4.39 Å². The number of rotatable bonds is 5. The molecule has 3 aromatic rings. The van der Waals surface area contributed by atoms with Gasteiger partial charge in [0.25, 0.3) is 0 Å². The molecule has 2 heterocycles. The van der Waals surface area contributed by atoms with E-state index >= 15 is 0 Å². The van der Waals surface area contributed by atoms with Crippen LogP contribution < -0.4 is 5.32 Å². The summed E-state index contributed by atoms with van der Waals surface area (Å²) in [6, 6.07) is 13.7. The summed E-state index contributed by atoms with van der Waals surface area (Å²) in [6.07, 6.45) is 3.22. The van der Waals surface area contributed by atoms with E-state index in [4.69, 9.17) is 21.1 Å². The Morgan fingerprint density at radius 3 is 2.54 bits per heavy atom. The molecule has 0 aliphatic carbocycles. The van der Waals surface area contributed by atoms with E-state index in [0.717, 1.165) is 11.5 Å². The first kappa shape index (κ1) is 16.3. The second-order valence-corrected chi connectivity index (χ2v) is 5.70. The first-order valence-electron chi connectivity index (χ1n) is 7.53. The van der Waals surface area contributed by atoms with Crippen LogP contribution in [0.4, 0.5) is 10.1 Å². The SMILES string of the molecule is C[C@H](c1ccco1)N(Cc1ccco1)C(=S)Nc1ccccc1F. The minimum atomic E-state index is -0.358. The molecule has 6 heteroatoms. The van der Waals surface area contributed by atoms with Crippen molar-refractivity contribution in [2.45, 2.75) is 19.5 Å². The number of hydrogen-bond donors (Lipinski definition) is 1. The third-order valence-corrected chi connectivity index (χ3v) is 4.04. The van der Waals surface area contributed by atoms with Crippen LogP contribution in [0.15, 0.2) is 69.9 Å². The molecule has 1 aromatic carbocycles. The normalized spacial score (nSPS) is 11.9. The number of benzene rings is 1. The Bertz CT molecular complexity index is 787. The quantitative estimate of drug-likeness (QED) is 0.662. The summed E-state index contributed by atoms with van der Waals surface area (Å²) in [4.78, 5) is 1.89. The molecule has 0 saturated heterocycles. The number of nitrogens with zero attached hydrogens (tertiary/aromatic N) is 1. The van der Waals surface area contributed by atoms with Crippen LogP contribution in [0.1, 0.15) is 24.5 Å². The average molecular weight is 344 g/mol. The summed E-state index contributed by atoms with van der Waals surface area (Å²) in [5, 5.41) is 3.35. The summed E-state index contributed by atoms with van der Waals surface area (Å²) >= 11 is 5.51. The number of anilines is 1. The van der Waals surface area contributed by atoms with E-state index < -0.39 is 0 Å². The smallest absolute Gasteiger partial charge is 0.174 e. The Labute approximate surface area is 144 Å². The van der Waals surface area contributed by atoms with Crippen LogP contribution in [0.3, 0.4) is 0 Å². The summed E-state index contributed by atoms with van der Waals surface area (Å²) in [6.45, 7) is 2.41. The zero-order chi connectivity index (χ0) is 16.9. The zero-order valence-electron chi connectivity index (χ0n) is 13.1. The molecule has 0 unspecified atom stereocenters. The molecule has 24 heavy (non-hydrogen) atoms. The third-order valence-electron chi connectivity index (χ3n) is 3.71. The number of thiocarbonyl (C=S) groups is 1. The van der Waals surface area contributed by atoms with Crippen molar-refractivity contribution in [3.8, 4) is 0 Å². The molecule has 0 aliphatic rings. The maximum absolute atomic E-state index is 13.9. The number of halogens is 1. The summed E-state index contributed by atoms with van der Waals surface area (Å²) in [7, 11) is 0. The van der Waals surface area contributed by atoms with Crippen LogP contribution in [0.25, 0.3) is 0 Å². The van der Waals surface area contributed by atoms with Gasteiger partial charge in [-0.3, -0.25) is 0 Å². The average Bonchev–Trinajstić information content (AvgIpc) is 3.27. The molecule has 0 amide bonds. The highest BCUT2D eigenvalue weighted by molar-refractivity contribution is 7.80. The fourth-order valence-corrected chi connectivity index (χ4v) is 2.72. The molecule has 0 aliphatic heterocycles. The lowest BCUT2D eigenvalue weighted by Gasteiger charge is -2.30. The Morgan fingerprint density at radius 2 is 1.88 bits per heavy atom. The van der Waals surface area contributed by atoms with Gasteiger partial charge in [-0.05, 0) is 55.5 Å². The van der Waals surface area contributed by atoms with Gasteiger partial charge < -0.3 is 19.1 Å². The van der Waals surface area contributed by atoms with Crippen LogP contribution in [0, 0.1) is 5.82 Å². The highest BCUT2D eigenvalue weighted by Gasteiger charge is 2.22. The summed E-state index contributed by atoms with van der Waals surface area (Å²) in [5.41, 5.74) is 0.332. The molecular formula is C18H17FN2O2S. The fraction of sp³-hybridized carbons (Fsp3) is 0.167. The molecular weight excluding hydrogens is 327 g/mol. The van der Waals surface area contributed by atoms with Gasteiger partial charge in [-0.15, -0.1) is 0 Å². The van der Waals surface area contributed by atoms with Gasteiger partial charge in [0.05, 0.1) is 30.8 Å². The van der Waals surface area contributed by atoms with E-state index in [2.05, 4.69) is 5.32 Å². The lowest BCUT2D eigenvalue weighted by atomic mass is 10.2. The van der Waals surface area contributed by atoms with Gasteiger partial charge in [0.15, 0.2) is 5.11 Å². The minimum absolute atomic E-state index is 0.142. The van der Waals surface area contributed by atoms with Crippen LogP contribution in [-0.4, -0.2) is 10.0 Å². The third kappa shape index (κ3) is 3.65. The fourth-order valence-electron chi connectivity index (χ4n) is 2.39. The number of para-hydroxylation sites is 1. The second-order valence-electron chi connectivity index (χ2n) is 5.31. The van der Waals surface area contributed by atoms with E-state index in [9.17, 15) is 4.39 Å². The predicted octanol–water partition coefficient (Wildman–Crippen LogP) is 4.97. The van der Waals surface area contributed by atoms with Crippen LogP contribution in [0.2, 0.25) is 0 Å². The highest BCUT2D eigenvalue weighted by atomic mass is 32.1. The molecule has 3 rings (SSSR count). The van der Waals surface area contributed by atoms with Crippen molar-refractivity contribution in [3.63, 3.8) is 0 Å². The van der Waals surface area contributed by atoms with Gasteiger partial charge in [0.1, 0.15) is 17.3 Å². The van der Waals surface area contributed by atoms with Crippen molar-refractivity contribution in [1.82, 2.24) is 4.90 Å².